The van der Waals surface area contributed by atoms with Gasteiger partial charge in [0.05, 0.1) is 0 Å². The molecule has 118 valence electrons. The van der Waals surface area contributed by atoms with E-state index in [0.29, 0.717) is 0 Å². The van der Waals surface area contributed by atoms with Gasteiger partial charge in [0.2, 0.25) is 0 Å². The molecule has 2 unspecified atom stereocenters. The molecule has 0 saturated carbocycles. The maximum atomic E-state index is 12.1. The van der Waals surface area contributed by atoms with Gasteiger partial charge in [-0.25, -0.2) is 0 Å². The van der Waals surface area contributed by atoms with Gasteiger partial charge in [0.1, 0.15) is 5.75 Å². The second-order valence-corrected chi connectivity index (χ2v) is 7.30. The molecule has 1 heterocycles. The van der Waals surface area contributed by atoms with Crippen molar-refractivity contribution in [2.45, 2.75) is 43.8 Å². The molecular weight excluding hydrogens is 299 g/mol. The molecule has 1 saturated heterocycles. The highest BCUT2D eigenvalue weighted by Gasteiger charge is 2.31. The zero-order chi connectivity index (χ0) is 15.5. The molecule has 0 spiro atoms. The lowest BCUT2D eigenvalue weighted by atomic mass is 10.0. The number of rotatable bonds is 5. The summed E-state index contributed by atoms with van der Waals surface area (Å²) in [6.07, 6.45) is -2.18. The van der Waals surface area contributed by atoms with Crippen LogP contribution in [0, 0.1) is 0 Å². The highest BCUT2D eigenvalue weighted by atomic mass is 32.2. The zero-order valence-electron chi connectivity index (χ0n) is 12.2. The summed E-state index contributed by atoms with van der Waals surface area (Å²) >= 11 is 1.98. The molecule has 2 nitrogen and oxygen atoms in total. The molecule has 1 aliphatic rings. The second kappa shape index (κ2) is 6.48. The van der Waals surface area contributed by atoms with Crippen molar-refractivity contribution in [3.8, 4) is 5.75 Å². The van der Waals surface area contributed by atoms with Crippen molar-refractivity contribution in [2.24, 2.45) is 0 Å². The van der Waals surface area contributed by atoms with E-state index in [1.54, 1.807) is 12.1 Å². The van der Waals surface area contributed by atoms with Crippen molar-refractivity contribution in [1.29, 1.82) is 0 Å². The third kappa shape index (κ3) is 5.11. The maximum Gasteiger partial charge on any atom is 0.573 e. The molecular formula is C15H20F3NOS. The Labute approximate surface area is 127 Å². The molecule has 1 N–H and O–H groups in total. The van der Waals surface area contributed by atoms with Crippen LogP contribution in [0.1, 0.15) is 38.3 Å². The lowest BCUT2D eigenvalue weighted by Crippen LogP contribution is -2.34. The Morgan fingerprint density at radius 3 is 2.52 bits per heavy atom. The summed E-state index contributed by atoms with van der Waals surface area (Å²) in [6.45, 7) is 5.17. The van der Waals surface area contributed by atoms with E-state index in [1.165, 1.54) is 30.7 Å². The van der Waals surface area contributed by atoms with Gasteiger partial charge >= 0.3 is 6.36 Å². The van der Waals surface area contributed by atoms with Gasteiger partial charge < -0.3 is 10.1 Å². The fourth-order valence-electron chi connectivity index (χ4n) is 2.42. The Morgan fingerprint density at radius 1 is 1.33 bits per heavy atom. The van der Waals surface area contributed by atoms with E-state index in [4.69, 9.17) is 0 Å². The van der Waals surface area contributed by atoms with E-state index in [9.17, 15) is 13.2 Å². The largest absolute Gasteiger partial charge is 0.573 e. The first kappa shape index (κ1) is 16.5. The molecule has 1 fully saturated rings. The van der Waals surface area contributed by atoms with Crippen LogP contribution in [0.4, 0.5) is 13.2 Å². The van der Waals surface area contributed by atoms with Crippen LogP contribution in [-0.4, -0.2) is 23.4 Å². The van der Waals surface area contributed by atoms with Crippen molar-refractivity contribution >= 4 is 11.8 Å². The average Bonchev–Trinajstić information content (AvgIpc) is 2.82. The highest BCUT2D eigenvalue weighted by Crippen LogP contribution is 2.37. The molecule has 21 heavy (non-hydrogen) atoms. The van der Waals surface area contributed by atoms with Gasteiger partial charge in [-0.2, -0.15) is 11.8 Å². The first-order chi connectivity index (χ1) is 9.77. The fraction of sp³-hybridized carbons (Fsp3) is 0.600. The SMILES string of the molecule is CC(NCC1(C)CCCS1)c1ccc(OC(F)(F)F)cc1. The van der Waals surface area contributed by atoms with Crippen molar-refractivity contribution in [2.75, 3.05) is 12.3 Å². The molecule has 6 heteroatoms. The van der Waals surface area contributed by atoms with Crippen LogP contribution in [0.25, 0.3) is 0 Å². The predicted octanol–water partition coefficient (Wildman–Crippen LogP) is 4.52. The topological polar surface area (TPSA) is 21.3 Å². The van der Waals surface area contributed by atoms with E-state index in [2.05, 4.69) is 17.0 Å². The van der Waals surface area contributed by atoms with Crippen molar-refractivity contribution in [1.82, 2.24) is 5.32 Å². The first-order valence-corrected chi connectivity index (χ1v) is 7.99. The maximum absolute atomic E-state index is 12.1. The van der Waals surface area contributed by atoms with Gasteiger partial charge in [-0.3, -0.25) is 0 Å². The number of hydrogen-bond acceptors (Lipinski definition) is 3. The molecule has 0 amide bonds. The second-order valence-electron chi connectivity index (χ2n) is 5.62. The van der Waals surface area contributed by atoms with E-state index in [1.807, 2.05) is 18.7 Å². The third-order valence-electron chi connectivity index (χ3n) is 3.70. The number of nitrogens with one attached hydrogen (secondary N) is 1. The number of ether oxygens (including phenoxy) is 1. The molecule has 1 aromatic rings. The molecule has 2 atom stereocenters. The summed E-state index contributed by atoms with van der Waals surface area (Å²) in [4.78, 5) is 0. The summed E-state index contributed by atoms with van der Waals surface area (Å²) in [7, 11) is 0. The van der Waals surface area contributed by atoms with Crippen LogP contribution >= 0.6 is 11.8 Å². The minimum absolute atomic E-state index is 0.1000. The van der Waals surface area contributed by atoms with Crippen LogP contribution in [-0.2, 0) is 0 Å². The molecule has 1 aromatic carbocycles. The Hall–Kier alpha value is -0.880. The number of alkyl halides is 3. The lowest BCUT2D eigenvalue weighted by molar-refractivity contribution is -0.274. The number of hydrogen-bond donors (Lipinski definition) is 1. The Morgan fingerprint density at radius 2 is 2.00 bits per heavy atom. The first-order valence-electron chi connectivity index (χ1n) is 7.00. The normalized spacial score (nSPS) is 24.0. The molecule has 0 aromatic heterocycles. The monoisotopic (exact) mass is 319 g/mol. The number of halogens is 3. The van der Waals surface area contributed by atoms with Gasteiger partial charge in [0.15, 0.2) is 0 Å². The quantitative estimate of drug-likeness (QED) is 0.862. The highest BCUT2D eigenvalue weighted by molar-refractivity contribution is 8.00. The predicted molar refractivity (Wildman–Crippen MR) is 79.6 cm³/mol. The van der Waals surface area contributed by atoms with E-state index in [-0.39, 0.29) is 16.5 Å². The zero-order valence-corrected chi connectivity index (χ0v) is 13.0. The Kier molecular flexibility index (Phi) is 5.09. The third-order valence-corrected chi connectivity index (χ3v) is 5.23. The van der Waals surface area contributed by atoms with Crippen LogP contribution in [0.3, 0.4) is 0 Å². The van der Waals surface area contributed by atoms with Gasteiger partial charge in [-0.1, -0.05) is 12.1 Å². The minimum Gasteiger partial charge on any atom is -0.406 e. The van der Waals surface area contributed by atoms with Crippen molar-refractivity contribution in [3.63, 3.8) is 0 Å². The molecule has 1 aliphatic heterocycles. The van der Waals surface area contributed by atoms with Crippen LogP contribution in [0.5, 0.6) is 5.75 Å². The summed E-state index contributed by atoms with van der Waals surface area (Å²) in [5.74, 6) is 1.02. The number of thioether (sulfide) groups is 1. The van der Waals surface area contributed by atoms with Gasteiger partial charge in [0, 0.05) is 17.3 Å². The average molecular weight is 319 g/mol. The summed E-state index contributed by atoms with van der Waals surface area (Å²) < 4.78 is 40.4. The smallest absolute Gasteiger partial charge is 0.406 e. The van der Waals surface area contributed by atoms with Crippen molar-refractivity contribution < 1.29 is 17.9 Å². The van der Waals surface area contributed by atoms with Gasteiger partial charge in [0.25, 0.3) is 0 Å². The van der Waals surface area contributed by atoms with E-state index in [0.717, 1.165) is 12.1 Å². The standard InChI is InChI=1S/C15H20F3NOS/c1-11(19-10-14(2)8-3-9-21-14)12-4-6-13(7-5-12)20-15(16,17)18/h4-7,11,19H,3,8-10H2,1-2H3. The molecule has 0 aliphatic carbocycles. The van der Waals surface area contributed by atoms with E-state index < -0.39 is 6.36 Å². The lowest BCUT2D eigenvalue weighted by Gasteiger charge is -2.26. The fourth-order valence-corrected chi connectivity index (χ4v) is 3.68. The molecule has 0 radical (unpaired) electrons. The summed E-state index contributed by atoms with van der Waals surface area (Å²) in [6, 6.07) is 6.15. The van der Waals surface area contributed by atoms with Crippen molar-refractivity contribution in [3.05, 3.63) is 29.8 Å². The summed E-state index contributed by atoms with van der Waals surface area (Å²) in [5.41, 5.74) is 0.955. The Balaban J connectivity index is 1.89. The number of benzene rings is 1. The molecule has 0 bridgehead atoms. The Bertz CT molecular complexity index is 455. The minimum atomic E-state index is -4.64. The van der Waals surface area contributed by atoms with Crippen LogP contribution in [0.15, 0.2) is 24.3 Å². The van der Waals surface area contributed by atoms with E-state index >= 15 is 0 Å². The van der Waals surface area contributed by atoms with Crippen LogP contribution < -0.4 is 10.1 Å². The molecule has 2 rings (SSSR count). The van der Waals surface area contributed by atoms with Gasteiger partial charge in [-0.15, -0.1) is 13.2 Å². The van der Waals surface area contributed by atoms with Gasteiger partial charge in [-0.05, 0) is 50.1 Å². The summed E-state index contributed by atoms with van der Waals surface area (Å²) in [5, 5.41) is 3.47. The van der Waals surface area contributed by atoms with Crippen LogP contribution in [0.2, 0.25) is 0 Å².